The molecule has 0 fully saturated rings. The summed E-state index contributed by atoms with van der Waals surface area (Å²) < 4.78 is 1.18. The zero-order valence-electron chi connectivity index (χ0n) is 12.1. The van der Waals surface area contributed by atoms with Crippen LogP contribution in [-0.4, -0.2) is 15.0 Å². The van der Waals surface area contributed by atoms with Crippen LogP contribution in [0.3, 0.4) is 0 Å². The highest BCUT2D eigenvalue weighted by molar-refractivity contribution is 7.21. The third kappa shape index (κ3) is 1.99. The molecule has 0 atom stereocenters. The first-order chi connectivity index (χ1) is 11.4. The molecule has 5 rings (SSSR count). The highest BCUT2D eigenvalue weighted by Gasteiger charge is 2.09. The fourth-order valence-corrected chi connectivity index (χ4v) is 3.78. The number of thiazole rings is 1. The molecule has 0 aliphatic heterocycles. The SMILES string of the molecule is c1ccc2sc(-c3ccc4ccc5ncccc5c4n3)nc2c1. The number of fused-ring (bicyclic) bond motifs is 4. The Morgan fingerprint density at radius 2 is 1.65 bits per heavy atom. The van der Waals surface area contributed by atoms with Crippen molar-refractivity contribution in [2.45, 2.75) is 0 Å². The predicted octanol–water partition coefficient (Wildman–Crippen LogP) is 5.06. The van der Waals surface area contributed by atoms with Gasteiger partial charge in [-0.25, -0.2) is 9.97 Å². The number of rotatable bonds is 1. The van der Waals surface area contributed by atoms with Crippen molar-refractivity contribution in [2.75, 3.05) is 0 Å². The average Bonchev–Trinajstić information content (AvgIpc) is 3.05. The summed E-state index contributed by atoms with van der Waals surface area (Å²) in [5.74, 6) is 0. The Bertz CT molecular complexity index is 1140. The lowest BCUT2D eigenvalue weighted by Gasteiger charge is -2.04. The fraction of sp³-hybridized carbons (Fsp3) is 0. The summed E-state index contributed by atoms with van der Waals surface area (Å²) in [5, 5.41) is 3.15. The molecule has 0 N–H and O–H groups in total. The quantitative estimate of drug-likeness (QED) is 0.406. The number of pyridine rings is 2. The molecule has 0 radical (unpaired) electrons. The Morgan fingerprint density at radius 1 is 0.739 bits per heavy atom. The molecule has 0 saturated heterocycles. The summed E-state index contributed by atoms with van der Waals surface area (Å²) in [6.07, 6.45) is 1.81. The van der Waals surface area contributed by atoms with Crippen LogP contribution in [0.4, 0.5) is 0 Å². The molecule has 0 amide bonds. The summed E-state index contributed by atoms with van der Waals surface area (Å²) in [6, 6.07) is 20.5. The molecule has 108 valence electrons. The van der Waals surface area contributed by atoms with Crippen LogP contribution in [0, 0.1) is 0 Å². The van der Waals surface area contributed by atoms with Gasteiger partial charge in [0, 0.05) is 17.0 Å². The summed E-state index contributed by atoms with van der Waals surface area (Å²) in [6.45, 7) is 0. The van der Waals surface area contributed by atoms with Crippen molar-refractivity contribution in [3.05, 3.63) is 66.9 Å². The smallest absolute Gasteiger partial charge is 0.143 e. The second kappa shape index (κ2) is 4.83. The van der Waals surface area contributed by atoms with Crippen LogP contribution in [0.2, 0.25) is 0 Å². The lowest BCUT2D eigenvalue weighted by Crippen LogP contribution is -1.87. The molecule has 0 saturated carbocycles. The minimum absolute atomic E-state index is 0.912. The van der Waals surface area contributed by atoms with Crippen LogP contribution < -0.4 is 0 Å². The van der Waals surface area contributed by atoms with Gasteiger partial charge in [-0.2, -0.15) is 0 Å². The maximum absolute atomic E-state index is 4.88. The van der Waals surface area contributed by atoms with Gasteiger partial charge in [-0.3, -0.25) is 4.98 Å². The van der Waals surface area contributed by atoms with Gasteiger partial charge in [0.15, 0.2) is 0 Å². The molecule has 3 nitrogen and oxygen atoms in total. The monoisotopic (exact) mass is 313 g/mol. The number of para-hydroxylation sites is 1. The molecule has 3 heterocycles. The molecule has 0 bridgehead atoms. The molecular formula is C19H11N3S. The lowest BCUT2D eigenvalue weighted by molar-refractivity contribution is 1.36. The summed E-state index contributed by atoms with van der Waals surface area (Å²) in [5.41, 5.74) is 3.88. The van der Waals surface area contributed by atoms with Crippen molar-refractivity contribution in [1.29, 1.82) is 0 Å². The summed E-state index contributed by atoms with van der Waals surface area (Å²) in [4.78, 5) is 14.0. The molecule has 4 heteroatoms. The molecule has 5 aromatic rings. The first-order valence-electron chi connectivity index (χ1n) is 7.39. The lowest BCUT2D eigenvalue weighted by atomic mass is 10.1. The van der Waals surface area contributed by atoms with Crippen molar-refractivity contribution in [3.8, 4) is 10.7 Å². The van der Waals surface area contributed by atoms with Gasteiger partial charge in [0.25, 0.3) is 0 Å². The Labute approximate surface area is 136 Å². The van der Waals surface area contributed by atoms with E-state index in [2.05, 4.69) is 29.2 Å². The zero-order chi connectivity index (χ0) is 15.2. The van der Waals surface area contributed by atoms with Crippen LogP contribution in [0.5, 0.6) is 0 Å². The minimum atomic E-state index is 0.912. The second-order valence-corrected chi connectivity index (χ2v) is 6.42. The van der Waals surface area contributed by atoms with E-state index in [4.69, 9.17) is 9.97 Å². The topological polar surface area (TPSA) is 38.7 Å². The number of hydrogen-bond donors (Lipinski definition) is 0. The molecule has 0 unspecified atom stereocenters. The van der Waals surface area contributed by atoms with E-state index in [-0.39, 0.29) is 0 Å². The van der Waals surface area contributed by atoms with Gasteiger partial charge in [0.05, 0.1) is 26.9 Å². The van der Waals surface area contributed by atoms with Crippen LogP contribution in [0.25, 0.3) is 42.7 Å². The van der Waals surface area contributed by atoms with E-state index in [9.17, 15) is 0 Å². The van der Waals surface area contributed by atoms with E-state index < -0.39 is 0 Å². The Hall–Kier alpha value is -2.85. The average molecular weight is 313 g/mol. The van der Waals surface area contributed by atoms with Gasteiger partial charge in [0.2, 0.25) is 0 Å². The molecule has 3 aromatic heterocycles. The molecular weight excluding hydrogens is 302 g/mol. The van der Waals surface area contributed by atoms with E-state index in [0.29, 0.717) is 0 Å². The van der Waals surface area contributed by atoms with Crippen molar-refractivity contribution < 1.29 is 0 Å². The Balaban J connectivity index is 1.80. The number of aromatic nitrogens is 3. The largest absolute Gasteiger partial charge is 0.256 e. The van der Waals surface area contributed by atoms with Gasteiger partial charge in [-0.05, 0) is 36.4 Å². The Morgan fingerprint density at radius 3 is 2.61 bits per heavy atom. The molecule has 0 aliphatic carbocycles. The third-order valence-corrected chi connectivity index (χ3v) is 5.01. The number of benzene rings is 2. The minimum Gasteiger partial charge on any atom is -0.256 e. The first-order valence-corrected chi connectivity index (χ1v) is 8.21. The van der Waals surface area contributed by atoms with E-state index in [1.807, 2.05) is 42.6 Å². The molecule has 2 aromatic carbocycles. The number of hydrogen-bond acceptors (Lipinski definition) is 4. The van der Waals surface area contributed by atoms with Crippen LogP contribution in [0.1, 0.15) is 0 Å². The Kier molecular flexibility index (Phi) is 2.66. The maximum atomic E-state index is 4.88. The molecule has 0 spiro atoms. The van der Waals surface area contributed by atoms with E-state index in [0.717, 1.165) is 38.0 Å². The second-order valence-electron chi connectivity index (χ2n) is 5.39. The van der Waals surface area contributed by atoms with Gasteiger partial charge >= 0.3 is 0 Å². The number of nitrogens with zero attached hydrogens (tertiary/aromatic N) is 3. The third-order valence-electron chi connectivity index (χ3n) is 3.95. The van der Waals surface area contributed by atoms with Gasteiger partial charge in [-0.15, -0.1) is 11.3 Å². The summed E-state index contributed by atoms with van der Waals surface area (Å²) in [7, 11) is 0. The van der Waals surface area contributed by atoms with Crippen LogP contribution in [0.15, 0.2) is 66.9 Å². The van der Waals surface area contributed by atoms with Crippen molar-refractivity contribution >= 4 is 43.4 Å². The van der Waals surface area contributed by atoms with Gasteiger partial charge in [0.1, 0.15) is 5.01 Å². The molecule has 23 heavy (non-hydrogen) atoms. The standard InChI is InChI=1S/C19H11N3S/c1-2-6-17-15(5-1)22-19(23-17)16-10-8-12-7-9-14-13(18(12)21-16)4-3-11-20-14/h1-11H. The summed E-state index contributed by atoms with van der Waals surface area (Å²) >= 11 is 1.68. The van der Waals surface area contributed by atoms with Crippen molar-refractivity contribution in [1.82, 2.24) is 15.0 Å². The van der Waals surface area contributed by atoms with Crippen molar-refractivity contribution in [2.24, 2.45) is 0 Å². The highest BCUT2D eigenvalue weighted by atomic mass is 32.1. The highest BCUT2D eigenvalue weighted by Crippen LogP contribution is 2.31. The first kappa shape index (κ1) is 12.7. The van der Waals surface area contributed by atoms with Crippen molar-refractivity contribution in [3.63, 3.8) is 0 Å². The van der Waals surface area contributed by atoms with E-state index in [1.54, 1.807) is 11.3 Å². The van der Waals surface area contributed by atoms with E-state index >= 15 is 0 Å². The fourth-order valence-electron chi connectivity index (χ4n) is 2.84. The maximum Gasteiger partial charge on any atom is 0.143 e. The van der Waals surface area contributed by atoms with E-state index in [1.165, 1.54) is 4.70 Å². The zero-order valence-corrected chi connectivity index (χ0v) is 12.9. The van der Waals surface area contributed by atoms with Gasteiger partial charge in [-0.1, -0.05) is 24.3 Å². The van der Waals surface area contributed by atoms with Crippen LogP contribution >= 0.6 is 11.3 Å². The van der Waals surface area contributed by atoms with Crippen LogP contribution in [-0.2, 0) is 0 Å². The predicted molar refractivity (Wildman–Crippen MR) is 95.7 cm³/mol. The van der Waals surface area contributed by atoms with Gasteiger partial charge < -0.3 is 0 Å². The molecule has 0 aliphatic rings. The normalized spacial score (nSPS) is 11.5.